The molecule has 1 aromatic rings. The lowest BCUT2D eigenvalue weighted by atomic mass is 9.81. The first-order valence-electron chi connectivity index (χ1n) is 6.56. The first-order chi connectivity index (χ1) is 8.62. The van der Waals surface area contributed by atoms with Gasteiger partial charge in [-0.15, -0.1) is 24.8 Å². The monoisotopic (exact) mass is 319 g/mol. The number of halogens is 2. The van der Waals surface area contributed by atoms with E-state index in [4.69, 9.17) is 5.73 Å². The molecule has 0 aromatic carbocycles. The summed E-state index contributed by atoms with van der Waals surface area (Å²) >= 11 is 0. The number of hydrogen-bond donors (Lipinski definition) is 1. The molecule has 0 radical (unpaired) electrons. The van der Waals surface area contributed by atoms with E-state index in [1.165, 1.54) is 6.42 Å². The number of carbonyl (C=O) groups excluding carboxylic acids is 1. The number of nitrogens with two attached hydrogens (primary N) is 1. The van der Waals surface area contributed by atoms with Gasteiger partial charge in [-0.3, -0.25) is 9.78 Å². The smallest absolute Gasteiger partial charge is 0.242 e. The molecule has 0 spiro atoms. The SMILES string of the molecule is CN(Cc1ccccn1)C(=O)C1(N)CCCCC1.Cl.Cl. The molecular weight excluding hydrogens is 297 g/mol. The fourth-order valence-corrected chi connectivity index (χ4v) is 2.58. The van der Waals surface area contributed by atoms with Crippen LogP contribution < -0.4 is 5.73 Å². The molecule has 1 aliphatic carbocycles. The second-order valence-electron chi connectivity index (χ2n) is 5.20. The van der Waals surface area contributed by atoms with Crippen LogP contribution in [0.4, 0.5) is 0 Å². The number of hydrogen-bond acceptors (Lipinski definition) is 3. The second-order valence-corrected chi connectivity index (χ2v) is 5.20. The summed E-state index contributed by atoms with van der Waals surface area (Å²) in [5, 5.41) is 0. The van der Waals surface area contributed by atoms with Crippen LogP contribution in [0.1, 0.15) is 37.8 Å². The molecule has 1 aromatic heterocycles. The van der Waals surface area contributed by atoms with Gasteiger partial charge in [0.05, 0.1) is 17.8 Å². The normalized spacial score (nSPS) is 16.5. The number of carbonyl (C=O) groups is 1. The summed E-state index contributed by atoms with van der Waals surface area (Å²) in [5.41, 5.74) is 6.49. The largest absolute Gasteiger partial charge is 0.338 e. The zero-order chi connectivity index (χ0) is 13.0. The highest BCUT2D eigenvalue weighted by Crippen LogP contribution is 2.27. The number of nitrogens with zero attached hydrogens (tertiary/aromatic N) is 2. The van der Waals surface area contributed by atoms with E-state index in [-0.39, 0.29) is 30.7 Å². The third-order valence-corrected chi connectivity index (χ3v) is 3.64. The zero-order valence-electron chi connectivity index (χ0n) is 11.7. The summed E-state index contributed by atoms with van der Waals surface area (Å²) in [5.74, 6) is 0.0489. The zero-order valence-corrected chi connectivity index (χ0v) is 13.4. The van der Waals surface area contributed by atoms with E-state index in [1.807, 2.05) is 18.2 Å². The van der Waals surface area contributed by atoms with Crippen molar-refractivity contribution in [1.29, 1.82) is 0 Å². The summed E-state index contributed by atoms with van der Waals surface area (Å²) in [6, 6.07) is 5.73. The highest BCUT2D eigenvalue weighted by atomic mass is 35.5. The molecule has 0 aliphatic heterocycles. The third kappa shape index (κ3) is 4.62. The highest BCUT2D eigenvalue weighted by Gasteiger charge is 2.37. The molecule has 1 heterocycles. The average molecular weight is 320 g/mol. The third-order valence-electron chi connectivity index (χ3n) is 3.64. The van der Waals surface area contributed by atoms with Gasteiger partial charge in [-0.2, -0.15) is 0 Å². The lowest BCUT2D eigenvalue weighted by Crippen LogP contribution is -2.55. The van der Waals surface area contributed by atoms with Crippen LogP contribution in [-0.2, 0) is 11.3 Å². The lowest BCUT2D eigenvalue weighted by Gasteiger charge is -2.35. The summed E-state index contributed by atoms with van der Waals surface area (Å²) in [6.45, 7) is 0.526. The van der Waals surface area contributed by atoms with E-state index >= 15 is 0 Å². The molecule has 0 unspecified atom stereocenters. The number of amides is 1. The molecule has 0 bridgehead atoms. The lowest BCUT2D eigenvalue weighted by molar-refractivity contribution is -0.137. The molecular formula is C14H23Cl2N3O. The fraction of sp³-hybridized carbons (Fsp3) is 0.571. The van der Waals surface area contributed by atoms with E-state index in [0.717, 1.165) is 31.4 Å². The van der Waals surface area contributed by atoms with Gasteiger partial charge in [-0.1, -0.05) is 25.3 Å². The number of aromatic nitrogens is 1. The van der Waals surface area contributed by atoms with E-state index in [9.17, 15) is 4.79 Å². The Morgan fingerprint density at radius 1 is 1.30 bits per heavy atom. The van der Waals surface area contributed by atoms with Crippen molar-refractivity contribution < 1.29 is 4.79 Å². The molecule has 1 saturated carbocycles. The molecule has 4 nitrogen and oxygen atoms in total. The van der Waals surface area contributed by atoms with Crippen LogP contribution in [0.25, 0.3) is 0 Å². The Bertz CT molecular complexity index is 408. The molecule has 2 rings (SSSR count). The van der Waals surface area contributed by atoms with Gasteiger partial charge in [0, 0.05) is 13.2 Å². The Morgan fingerprint density at radius 2 is 1.95 bits per heavy atom. The summed E-state index contributed by atoms with van der Waals surface area (Å²) in [4.78, 5) is 18.3. The molecule has 114 valence electrons. The van der Waals surface area contributed by atoms with Crippen molar-refractivity contribution in [2.75, 3.05) is 7.05 Å². The van der Waals surface area contributed by atoms with Crippen LogP contribution in [0.2, 0.25) is 0 Å². The van der Waals surface area contributed by atoms with Crippen LogP contribution in [-0.4, -0.2) is 28.4 Å². The Hall–Kier alpha value is -0.840. The number of pyridine rings is 1. The Labute approximate surface area is 132 Å². The second kappa shape index (κ2) is 8.45. The minimum atomic E-state index is -0.651. The fourth-order valence-electron chi connectivity index (χ4n) is 2.58. The quantitative estimate of drug-likeness (QED) is 0.931. The Morgan fingerprint density at radius 3 is 2.50 bits per heavy atom. The van der Waals surface area contributed by atoms with Gasteiger partial charge < -0.3 is 10.6 Å². The molecule has 20 heavy (non-hydrogen) atoms. The maximum atomic E-state index is 12.4. The number of rotatable bonds is 3. The van der Waals surface area contributed by atoms with Gasteiger partial charge in [0.25, 0.3) is 0 Å². The molecule has 2 N–H and O–H groups in total. The van der Waals surface area contributed by atoms with Crippen molar-refractivity contribution in [2.45, 2.75) is 44.2 Å². The van der Waals surface area contributed by atoms with Crippen molar-refractivity contribution in [1.82, 2.24) is 9.88 Å². The molecule has 1 aliphatic rings. The molecule has 1 amide bonds. The summed E-state index contributed by atoms with van der Waals surface area (Å²) in [6.07, 6.45) is 6.65. The van der Waals surface area contributed by atoms with Gasteiger partial charge in [-0.05, 0) is 25.0 Å². The molecule has 0 atom stereocenters. The summed E-state index contributed by atoms with van der Waals surface area (Å²) in [7, 11) is 1.81. The van der Waals surface area contributed by atoms with Crippen molar-refractivity contribution in [2.24, 2.45) is 5.73 Å². The Kier molecular flexibility index (Phi) is 8.09. The van der Waals surface area contributed by atoms with Crippen molar-refractivity contribution >= 4 is 30.7 Å². The van der Waals surface area contributed by atoms with Gasteiger partial charge >= 0.3 is 0 Å². The maximum Gasteiger partial charge on any atom is 0.242 e. The van der Waals surface area contributed by atoms with Gasteiger partial charge in [0.2, 0.25) is 5.91 Å². The van der Waals surface area contributed by atoms with Crippen molar-refractivity contribution in [3.8, 4) is 0 Å². The highest BCUT2D eigenvalue weighted by molar-refractivity contribution is 5.86. The van der Waals surface area contributed by atoms with Crippen LogP contribution >= 0.6 is 24.8 Å². The van der Waals surface area contributed by atoms with E-state index in [2.05, 4.69) is 4.98 Å². The Balaban J connectivity index is 0.00000180. The molecule has 0 saturated heterocycles. The minimum Gasteiger partial charge on any atom is -0.338 e. The van der Waals surface area contributed by atoms with E-state index in [1.54, 1.807) is 18.1 Å². The molecule has 1 fully saturated rings. The first kappa shape index (κ1) is 19.2. The van der Waals surface area contributed by atoms with E-state index < -0.39 is 5.54 Å². The molecule has 6 heteroatoms. The van der Waals surface area contributed by atoms with Crippen molar-refractivity contribution in [3.05, 3.63) is 30.1 Å². The van der Waals surface area contributed by atoms with Gasteiger partial charge in [-0.25, -0.2) is 0 Å². The van der Waals surface area contributed by atoms with Crippen LogP contribution in [0.3, 0.4) is 0 Å². The standard InChI is InChI=1S/C14H21N3O.2ClH/c1-17(11-12-7-3-6-10-16-12)13(18)14(15)8-4-2-5-9-14;;/h3,6-7,10H,2,4-5,8-9,11,15H2,1H3;2*1H. The number of likely N-dealkylation sites (N-methyl/N-ethyl adjacent to an activating group) is 1. The topological polar surface area (TPSA) is 59.2 Å². The maximum absolute atomic E-state index is 12.4. The minimum absolute atomic E-state index is 0. The van der Waals surface area contributed by atoms with Gasteiger partial charge in [0.15, 0.2) is 0 Å². The van der Waals surface area contributed by atoms with Crippen LogP contribution in [0, 0.1) is 0 Å². The average Bonchev–Trinajstić information content (AvgIpc) is 2.40. The summed E-state index contributed by atoms with van der Waals surface area (Å²) < 4.78 is 0. The van der Waals surface area contributed by atoms with Crippen molar-refractivity contribution in [3.63, 3.8) is 0 Å². The van der Waals surface area contributed by atoms with Crippen LogP contribution in [0.5, 0.6) is 0 Å². The predicted octanol–water partition coefficient (Wildman–Crippen LogP) is 2.55. The van der Waals surface area contributed by atoms with Crippen LogP contribution in [0.15, 0.2) is 24.4 Å². The first-order valence-corrected chi connectivity index (χ1v) is 6.56. The predicted molar refractivity (Wildman–Crippen MR) is 85.2 cm³/mol. The van der Waals surface area contributed by atoms with E-state index in [0.29, 0.717) is 6.54 Å². The van der Waals surface area contributed by atoms with Gasteiger partial charge in [0.1, 0.15) is 0 Å².